The summed E-state index contributed by atoms with van der Waals surface area (Å²) in [6, 6.07) is 29.1. The summed E-state index contributed by atoms with van der Waals surface area (Å²) < 4.78 is 13.8. The Morgan fingerprint density at radius 1 is 0.435 bits per heavy atom. The van der Waals surface area contributed by atoms with E-state index in [-0.39, 0.29) is 88.7 Å². The van der Waals surface area contributed by atoms with Crippen molar-refractivity contribution in [2.75, 3.05) is 0 Å². The van der Waals surface area contributed by atoms with E-state index in [4.69, 9.17) is 0 Å². The molecular formula is C18H15Na3OP. The molecule has 3 aromatic carbocycles. The van der Waals surface area contributed by atoms with Gasteiger partial charge in [-0.05, 0) is 0 Å². The van der Waals surface area contributed by atoms with Crippen LogP contribution >= 0.6 is 7.14 Å². The molecule has 0 spiro atoms. The Morgan fingerprint density at radius 2 is 0.652 bits per heavy atom. The van der Waals surface area contributed by atoms with Crippen molar-refractivity contribution in [1.29, 1.82) is 0 Å². The second kappa shape index (κ2) is 11.5. The summed E-state index contributed by atoms with van der Waals surface area (Å²) >= 11 is 0. The monoisotopic (exact) mass is 347 g/mol. The predicted molar refractivity (Wildman–Crippen MR) is 103 cm³/mol. The van der Waals surface area contributed by atoms with Crippen LogP contribution in [0.4, 0.5) is 0 Å². The zero-order valence-electron chi connectivity index (χ0n) is 14.0. The molecule has 0 aliphatic carbocycles. The molecule has 0 fully saturated rings. The van der Waals surface area contributed by atoms with Gasteiger partial charge in [-0.15, -0.1) is 0 Å². The minimum absolute atomic E-state index is 0. The van der Waals surface area contributed by atoms with Gasteiger partial charge in [0.1, 0.15) is 0 Å². The van der Waals surface area contributed by atoms with Crippen LogP contribution in [-0.2, 0) is 4.57 Å². The van der Waals surface area contributed by atoms with Gasteiger partial charge in [-0.3, -0.25) is 0 Å². The van der Waals surface area contributed by atoms with Crippen LogP contribution in [0.3, 0.4) is 0 Å². The van der Waals surface area contributed by atoms with Gasteiger partial charge in [0.15, 0.2) is 7.14 Å². The molecule has 23 heavy (non-hydrogen) atoms. The van der Waals surface area contributed by atoms with E-state index >= 15 is 0 Å². The average molecular weight is 347 g/mol. The largest absolute Gasteiger partial charge is 0.309 e. The molecule has 101 valence electrons. The van der Waals surface area contributed by atoms with Gasteiger partial charge in [-0.25, -0.2) is 0 Å². The maximum atomic E-state index is 13.8. The predicted octanol–water partition coefficient (Wildman–Crippen LogP) is 2.18. The minimum Gasteiger partial charge on any atom is -0.309 e. The molecule has 5 heteroatoms. The summed E-state index contributed by atoms with van der Waals surface area (Å²) in [6.45, 7) is 0. The summed E-state index contributed by atoms with van der Waals surface area (Å²) in [5.74, 6) is 0. The Kier molecular flexibility index (Phi) is 11.9. The Balaban J connectivity index is 0.00000161. The van der Waals surface area contributed by atoms with E-state index < -0.39 is 7.14 Å². The van der Waals surface area contributed by atoms with Crippen molar-refractivity contribution in [2.45, 2.75) is 0 Å². The van der Waals surface area contributed by atoms with Gasteiger partial charge in [0.05, 0.1) is 0 Å². The third-order valence-electron chi connectivity index (χ3n) is 3.36. The van der Waals surface area contributed by atoms with Crippen molar-refractivity contribution in [3.63, 3.8) is 0 Å². The van der Waals surface area contributed by atoms with Crippen LogP contribution in [0, 0.1) is 0 Å². The molecule has 3 aromatic rings. The molecule has 1 nitrogen and oxygen atoms in total. The summed E-state index contributed by atoms with van der Waals surface area (Å²) in [5, 5.41) is 2.62. The van der Waals surface area contributed by atoms with E-state index in [2.05, 4.69) is 0 Å². The van der Waals surface area contributed by atoms with Gasteiger partial charge in [-0.1, -0.05) is 91.0 Å². The Bertz CT molecular complexity index is 631. The van der Waals surface area contributed by atoms with Crippen molar-refractivity contribution < 1.29 is 4.57 Å². The molecule has 0 saturated carbocycles. The van der Waals surface area contributed by atoms with E-state index in [1.807, 2.05) is 91.0 Å². The van der Waals surface area contributed by atoms with Crippen LogP contribution in [0.15, 0.2) is 91.0 Å². The first-order valence-electron chi connectivity index (χ1n) is 6.59. The van der Waals surface area contributed by atoms with E-state index in [1.165, 1.54) is 0 Å². The van der Waals surface area contributed by atoms with Crippen LogP contribution in [0.1, 0.15) is 0 Å². The minimum atomic E-state index is -2.78. The normalized spacial score (nSPS) is 9.74. The zero-order chi connectivity index (χ0) is 13.8. The summed E-state index contributed by atoms with van der Waals surface area (Å²) in [4.78, 5) is 0. The Hall–Kier alpha value is 0.890. The SMILES string of the molecule is O=P(c1ccccc1)(c1ccccc1)c1ccccc1.[Na].[Na].[Na]. The van der Waals surface area contributed by atoms with Gasteiger partial charge in [-0.2, -0.15) is 0 Å². The van der Waals surface area contributed by atoms with E-state index in [0.717, 1.165) is 15.9 Å². The van der Waals surface area contributed by atoms with Crippen molar-refractivity contribution in [1.82, 2.24) is 0 Å². The molecule has 0 aromatic heterocycles. The third kappa shape index (κ3) is 5.43. The summed E-state index contributed by atoms with van der Waals surface area (Å²) in [5.41, 5.74) is 0. The topological polar surface area (TPSA) is 17.1 Å². The number of rotatable bonds is 3. The molecule has 3 rings (SSSR count). The molecule has 3 radical (unpaired) electrons. The van der Waals surface area contributed by atoms with Crippen molar-refractivity contribution in [3.8, 4) is 0 Å². The first-order valence-corrected chi connectivity index (χ1v) is 8.29. The van der Waals surface area contributed by atoms with E-state index in [1.54, 1.807) is 0 Å². The molecule has 0 atom stereocenters. The Labute approximate surface area is 204 Å². The second-order valence-electron chi connectivity index (χ2n) is 4.62. The first kappa shape index (κ1) is 23.9. The van der Waals surface area contributed by atoms with Crippen LogP contribution in [0.5, 0.6) is 0 Å². The number of hydrogen-bond donors (Lipinski definition) is 0. The quantitative estimate of drug-likeness (QED) is 0.524. The maximum absolute atomic E-state index is 13.8. The van der Waals surface area contributed by atoms with Crippen LogP contribution in [0.25, 0.3) is 0 Å². The molecular weight excluding hydrogens is 332 g/mol. The molecule has 0 unspecified atom stereocenters. The fraction of sp³-hybridized carbons (Fsp3) is 0. The van der Waals surface area contributed by atoms with Crippen molar-refractivity contribution in [2.24, 2.45) is 0 Å². The second-order valence-corrected chi connectivity index (χ2v) is 7.38. The van der Waals surface area contributed by atoms with Crippen LogP contribution in [0.2, 0.25) is 0 Å². The Morgan fingerprint density at radius 3 is 0.870 bits per heavy atom. The average Bonchev–Trinajstić information content (AvgIpc) is 2.56. The molecule has 0 heterocycles. The standard InChI is InChI=1S/C18H15OP.3Na/c19-20(16-10-4-1-5-11-16,17-12-6-2-7-13-17)18-14-8-3-9-15-18;;;/h1-15H;;;. The molecule has 0 amide bonds. The fourth-order valence-electron chi connectivity index (χ4n) is 2.36. The molecule has 0 aliphatic rings. The summed E-state index contributed by atoms with van der Waals surface area (Å²) in [7, 11) is -2.78. The number of benzene rings is 3. The maximum Gasteiger partial charge on any atom is 0.171 e. The fourth-order valence-corrected chi connectivity index (χ4v) is 5.03. The van der Waals surface area contributed by atoms with Crippen molar-refractivity contribution in [3.05, 3.63) is 91.0 Å². The molecule has 0 N–H and O–H groups in total. The van der Waals surface area contributed by atoms with Gasteiger partial charge >= 0.3 is 0 Å². The van der Waals surface area contributed by atoms with Gasteiger partial charge < -0.3 is 4.57 Å². The third-order valence-corrected chi connectivity index (χ3v) is 6.44. The zero-order valence-corrected chi connectivity index (χ0v) is 20.9. The molecule has 0 bridgehead atoms. The van der Waals surface area contributed by atoms with E-state index in [9.17, 15) is 4.57 Å². The number of hydrogen-bond acceptors (Lipinski definition) is 1. The first-order chi connectivity index (χ1) is 9.82. The molecule has 0 aliphatic heterocycles. The van der Waals surface area contributed by atoms with Crippen LogP contribution < -0.4 is 15.9 Å². The van der Waals surface area contributed by atoms with Crippen LogP contribution in [-0.4, -0.2) is 88.7 Å². The van der Waals surface area contributed by atoms with Gasteiger partial charge in [0.2, 0.25) is 0 Å². The van der Waals surface area contributed by atoms with E-state index in [0.29, 0.717) is 0 Å². The smallest absolute Gasteiger partial charge is 0.171 e. The molecule has 0 saturated heterocycles. The van der Waals surface area contributed by atoms with Gasteiger partial charge in [0.25, 0.3) is 0 Å². The summed E-state index contributed by atoms with van der Waals surface area (Å²) in [6.07, 6.45) is 0. The van der Waals surface area contributed by atoms with Crippen molar-refractivity contribution >= 4 is 112 Å². The van der Waals surface area contributed by atoms with Gasteiger partial charge in [0, 0.05) is 105 Å².